The van der Waals surface area contributed by atoms with E-state index < -0.39 is 0 Å². The van der Waals surface area contributed by atoms with E-state index in [0.717, 1.165) is 13.0 Å². The molecule has 0 aromatic heterocycles. The lowest BCUT2D eigenvalue weighted by atomic mass is 10.1. The van der Waals surface area contributed by atoms with E-state index >= 15 is 0 Å². The zero-order chi connectivity index (χ0) is 14.5. The van der Waals surface area contributed by atoms with Crippen molar-refractivity contribution in [3.05, 3.63) is 22.2 Å². The summed E-state index contributed by atoms with van der Waals surface area (Å²) in [5.41, 5.74) is 6.43. The van der Waals surface area contributed by atoms with Gasteiger partial charge in [-0.05, 0) is 18.6 Å². The van der Waals surface area contributed by atoms with E-state index in [2.05, 4.69) is 5.32 Å². The van der Waals surface area contributed by atoms with Gasteiger partial charge in [-0.3, -0.25) is 4.79 Å². The summed E-state index contributed by atoms with van der Waals surface area (Å²) >= 11 is 11.8. The maximum atomic E-state index is 11.8. The summed E-state index contributed by atoms with van der Waals surface area (Å²) < 4.78 is 10.6. The molecule has 0 saturated carbocycles. The SMILES string of the molecule is Nc1cc(Cl)cc(Cl)c1NC(=O)COCC1CCOC1. The van der Waals surface area contributed by atoms with Crippen molar-refractivity contribution < 1.29 is 14.3 Å². The molecule has 0 aliphatic carbocycles. The van der Waals surface area contributed by atoms with Gasteiger partial charge in [0.15, 0.2) is 0 Å². The lowest BCUT2D eigenvalue weighted by Gasteiger charge is -2.12. The minimum absolute atomic E-state index is 0.0467. The molecule has 1 heterocycles. The number of ether oxygens (including phenoxy) is 2. The highest BCUT2D eigenvalue weighted by atomic mass is 35.5. The monoisotopic (exact) mass is 318 g/mol. The molecular weight excluding hydrogens is 303 g/mol. The number of nitrogen functional groups attached to an aromatic ring is 1. The van der Waals surface area contributed by atoms with Crippen LogP contribution < -0.4 is 11.1 Å². The molecule has 1 amide bonds. The first-order valence-electron chi connectivity index (χ1n) is 6.26. The van der Waals surface area contributed by atoms with Gasteiger partial charge in [0.05, 0.1) is 29.6 Å². The van der Waals surface area contributed by atoms with Gasteiger partial charge in [-0.15, -0.1) is 0 Å². The Hall–Kier alpha value is -1.01. The fraction of sp³-hybridized carbons (Fsp3) is 0.462. The number of carbonyl (C=O) groups is 1. The van der Waals surface area contributed by atoms with Crippen LogP contribution in [-0.4, -0.2) is 32.3 Å². The second-order valence-corrected chi connectivity index (χ2v) is 5.49. The first-order valence-corrected chi connectivity index (χ1v) is 7.01. The van der Waals surface area contributed by atoms with Crippen LogP contribution >= 0.6 is 23.2 Å². The molecule has 1 fully saturated rings. The number of amides is 1. The number of nitrogens with two attached hydrogens (primary N) is 1. The number of carbonyl (C=O) groups excluding carboxylic acids is 1. The zero-order valence-electron chi connectivity index (χ0n) is 10.8. The van der Waals surface area contributed by atoms with Gasteiger partial charge in [0, 0.05) is 17.5 Å². The first-order chi connectivity index (χ1) is 9.56. The molecule has 0 bridgehead atoms. The molecule has 0 spiro atoms. The Morgan fingerprint density at radius 3 is 2.95 bits per heavy atom. The predicted octanol–water partition coefficient (Wildman–Crippen LogP) is 2.57. The van der Waals surface area contributed by atoms with Crippen LogP contribution in [0.5, 0.6) is 0 Å². The van der Waals surface area contributed by atoms with Crippen molar-refractivity contribution in [2.75, 3.05) is 37.5 Å². The Balaban J connectivity index is 1.82. The lowest BCUT2D eigenvalue weighted by molar-refractivity contribution is -0.121. The van der Waals surface area contributed by atoms with Crippen molar-refractivity contribution in [2.24, 2.45) is 5.92 Å². The lowest BCUT2D eigenvalue weighted by Crippen LogP contribution is -2.21. The van der Waals surface area contributed by atoms with Crippen LogP contribution in [0.3, 0.4) is 0 Å². The molecule has 0 radical (unpaired) electrons. The first kappa shape index (κ1) is 15.4. The van der Waals surface area contributed by atoms with Crippen molar-refractivity contribution in [3.8, 4) is 0 Å². The van der Waals surface area contributed by atoms with Crippen molar-refractivity contribution in [1.82, 2.24) is 0 Å². The summed E-state index contributed by atoms with van der Waals surface area (Å²) in [7, 11) is 0. The molecule has 1 aromatic carbocycles. The summed E-state index contributed by atoms with van der Waals surface area (Å²) in [5.74, 6) is 0.0619. The van der Waals surface area contributed by atoms with Gasteiger partial charge in [0.25, 0.3) is 0 Å². The van der Waals surface area contributed by atoms with Crippen molar-refractivity contribution >= 4 is 40.5 Å². The van der Waals surface area contributed by atoms with E-state index in [1.54, 1.807) is 0 Å². The van der Waals surface area contributed by atoms with E-state index in [4.69, 9.17) is 38.4 Å². The van der Waals surface area contributed by atoms with Gasteiger partial charge in [0.2, 0.25) is 5.91 Å². The number of nitrogens with one attached hydrogen (secondary N) is 1. The molecule has 1 aliphatic heterocycles. The standard InChI is InChI=1S/C13H16Cl2N2O3/c14-9-3-10(15)13(11(16)4-9)17-12(18)7-20-6-8-1-2-19-5-8/h3-4,8H,1-2,5-7,16H2,(H,17,18). The number of benzene rings is 1. The number of anilines is 2. The second-order valence-electron chi connectivity index (χ2n) is 4.64. The summed E-state index contributed by atoms with van der Waals surface area (Å²) in [6, 6.07) is 3.05. The average molecular weight is 319 g/mol. The van der Waals surface area contributed by atoms with Crippen LogP contribution in [0.1, 0.15) is 6.42 Å². The summed E-state index contributed by atoms with van der Waals surface area (Å²) in [6.45, 7) is 1.92. The van der Waals surface area contributed by atoms with Crippen molar-refractivity contribution in [1.29, 1.82) is 0 Å². The molecule has 1 unspecified atom stereocenters. The van der Waals surface area contributed by atoms with Crippen LogP contribution in [-0.2, 0) is 14.3 Å². The molecule has 20 heavy (non-hydrogen) atoms. The van der Waals surface area contributed by atoms with Gasteiger partial charge >= 0.3 is 0 Å². The van der Waals surface area contributed by atoms with Gasteiger partial charge in [-0.25, -0.2) is 0 Å². The summed E-state index contributed by atoms with van der Waals surface area (Å²) in [6.07, 6.45) is 0.970. The summed E-state index contributed by atoms with van der Waals surface area (Å²) in [4.78, 5) is 11.8. The van der Waals surface area contributed by atoms with Crippen LogP contribution in [0.2, 0.25) is 10.0 Å². The second kappa shape index (κ2) is 7.13. The third kappa shape index (κ3) is 4.24. The molecule has 3 N–H and O–H groups in total. The Kier molecular flexibility index (Phi) is 5.48. The quantitative estimate of drug-likeness (QED) is 0.818. The smallest absolute Gasteiger partial charge is 0.250 e. The molecular formula is C13H16Cl2N2O3. The highest BCUT2D eigenvalue weighted by molar-refractivity contribution is 6.37. The van der Waals surface area contributed by atoms with Gasteiger partial charge in [-0.2, -0.15) is 0 Å². The zero-order valence-corrected chi connectivity index (χ0v) is 12.3. The molecule has 5 nitrogen and oxygen atoms in total. The average Bonchev–Trinajstić information content (AvgIpc) is 2.87. The van der Waals surface area contributed by atoms with Crippen LogP contribution in [0.4, 0.5) is 11.4 Å². The molecule has 1 aliphatic rings. The van der Waals surface area contributed by atoms with E-state index in [-0.39, 0.29) is 12.5 Å². The Labute approximate surface area is 127 Å². The van der Waals surface area contributed by atoms with E-state index in [0.29, 0.717) is 40.6 Å². The fourth-order valence-corrected chi connectivity index (χ4v) is 2.49. The van der Waals surface area contributed by atoms with E-state index in [9.17, 15) is 4.79 Å². The number of hydrogen-bond acceptors (Lipinski definition) is 4. The highest BCUT2D eigenvalue weighted by Gasteiger charge is 2.16. The molecule has 110 valence electrons. The van der Waals surface area contributed by atoms with Gasteiger partial charge < -0.3 is 20.5 Å². The maximum absolute atomic E-state index is 11.8. The Morgan fingerprint density at radius 1 is 1.50 bits per heavy atom. The molecule has 7 heteroatoms. The Bertz CT molecular complexity index is 467. The Morgan fingerprint density at radius 2 is 2.30 bits per heavy atom. The third-order valence-corrected chi connectivity index (χ3v) is 3.48. The summed E-state index contributed by atoms with van der Waals surface area (Å²) in [5, 5.41) is 3.34. The minimum Gasteiger partial charge on any atom is -0.397 e. The number of rotatable bonds is 5. The predicted molar refractivity (Wildman–Crippen MR) is 79.2 cm³/mol. The van der Waals surface area contributed by atoms with Crippen LogP contribution in [0.25, 0.3) is 0 Å². The topological polar surface area (TPSA) is 73.6 Å². The van der Waals surface area contributed by atoms with E-state index in [1.807, 2.05) is 0 Å². The highest BCUT2D eigenvalue weighted by Crippen LogP contribution is 2.31. The number of halogens is 2. The molecule has 2 rings (SSSR count). The van der Waals surface area contributed by atoms with Gasteiger partial charge in [-0.1, -0.05) is 23.2 Å². The molecule has 1 saturated heterocycles. The largest absolute Gasteiger partial charge is 0.397 e. The van der Waals surface area contributed by atoms with Crippen LogP contribution in [0, 0.1) is 5.92 Å². The maximum Gasteiger partial charge on any atom is 0.250 e. The van der Waals surface area contributed by atoms with E-state index in [1.165, 1.54) is 12.1 Å². The minimum atomic E-state index is -0.306. The van der Waals surface area contributed by atoms with Gasteiger partial charge in [0.1, 0.15) is 6.61 Å². The third-order valence-electron chi connectivity index (χ3n) is 2.96. The molecule has 1 atom stereocenters. The van der Waals surface area contributed by atoms with Crippen molar-refractivity contribution in [3.63, 3.8) is 0 Å². The van der Waals surface area contributed by atoms with Crippen molar-refractivity contribution in [2.45, 2.75) is 6.42 Å². The van der Waals surface area contributed by atoms with Crippen LogP contribution in [0.15, 0.2) is 12.1 Å². The fourth-order valence-electron chi connectivity index (χ4n) is 1.93. The molecule has 1 aromatic rings. The number of hydrogen-bond donors (Lipinski definition) is 2. The normalized spacial score (nSPS) is 18.2.